The predicted octanol–water partition coefficient (Wildman–Crippen LogP) is 2.58. The number of aromatic nitrogens is 1. The van der Waals surface area contributed by atoms with E-state index in [-0.39, 0.29) is 12.3 Å². The fourth-order valence-electron chi connectivity index (χ4n) is 1.58. The van der Waals surface area contributed by atoms with Crippen molar-refractivity contribution in [2.24, 2.45) is 5.84 Å². The number of ether oxygens (including phenoxy) is 1. The first-order valence-electron chi connectivity index (χ1n) is 5.56. The number of nitrogens with one attached hydrogen (secondary N) is 1. The van der Waals surface area contributed by atoms with Crippen molar-refractivity contribution < 1.29 is 14.1 Å². The minimum atomic E-state index is -0.530. The highest BCUT2D eigenvalue weighted by Gasteiger charge is 2.13. The maximum absolute atomic E-state index is 11.2. The van der Waals surface area contributed by atoms with Crippen LogP contribution in [0.1, 0.15) is 21.8 Å². The Morgan fingerprint density at radius 1 is 1.55 bits per heavy atom. The number of hydrogen-bond donors (Lipinski definition) is 2. The van der Waals surface area contributed by atoms with Gasteiger partial charge in [-0.05, 0) is 24.6 Å². The molecule has 0 aliphatic heterocycles. The Balaban J connectivity index is 2.09. The Kier molecular flexibility index (Phi) is 4.64. The number of hydrogen-bond acceptors (Lipinski definition) is 5. The van der Waals surface area contributed by atoms with Crippen LogP contribution in [-0.4, -0.2) is 11.1 Å². The molecular formula is C12H11BrClN3O3. The third-order valence-electron chi connectivity index (χ3n) is 2.48. The molecule has 1 aromatic heterocycles. The molecule has 0 bridgehead atoms. The number of amides is 1. The van der Waals surface area contributed by atoms with Gasteiger partial charge in [0.2, 0.25) is 0 Å². The minimum absolute atomic E-state index is 0.0877. The van der Waals surface area contributed by atoms with Crippen molar-refractivity contribution in [1.82, 2.24) is 10.6 Å². The molecule has 0 saturated heterocycles. The summed E-state index contributed by atoms with van der Waals surface area (Å²) in [6, 6.07) is 5.07. The summed E-state index contributed by atoms with van der Waals surface area (Å²) in [6.45, 7) is 1.98. The van der Waals surface area contributed by atoms with Gasteiger partial charge in [0.1, 0.15) is 12.4 Å². The molecule has 3 N–H and O–H groups in total. The summed E-state index contributed by atoms with van der Waals surface area (Å²) in [5, 5.41) is 4.05. The van der Waals surface area contributed by atoms with Crippen molar-refractivity contribution in [3.8, 4) is 5.75 Å². The van der Waals surface area contributed by atoms with Crippen LogP contribution in [0.5, 0.6) is 5.75 Å². The summed E-state index contributed by atoms with van der Waals surface area (Å²) in [5.74, 6) is 5.41. The average molecular weight is 361 g/mol. The molecule has 0 saturated carbocycles. The molecule has 0 atom stereocenters. The Labute approximate surface area is 128 Å². The number of halogens is 2. The molecule has 1 aromatic carbocycles. The summed E-state index contributed by atoms with van der Waals surface area (Å²) >= 11 is 9.44. The van der Waals surface area contributed by atoms with Gasteiger partial charge in [0.25, 0.3) is 5.91 Å². The zero-order valence-electron chi connectivity index (χ0n) is 10.4. The van der Waals surface area contributed by atoms with Crippen LogP contribution in [0, 0.1) is 6.92 Å². The van der Waals surface area contributed by atoms with E-state index in [1.165, 1.54) is 6.07 Å². The number of carbonyl (C=O) groups is 1. The van der Waals surface area contributed by atoms with Crippen LogP contribution < -0.4 is 16.0 Å². The van der Waals surface area contributed by atoms with Gasteiger partial charge in [0.15, 0.2) is 11.5 Å². The van der Waals surface area contributed by atoms with Gasteiger partial charge in [-0.3, -0.25) is 10.2 Å². The van der Waals surface area contributed by atoms with Crippen LogP contribution in [0.25, 0.3) is 0 Å². The fraction of sp³-hybridized carbons (Fsp3) is 0.167. The van der Waals surface area contributed by atoms with Crippen molar-refractivity contribution in [1.29, 1.82) is 0 Å². The Hall–Kier alpha value is -1.57. The van der Waals surface area contributed by atoms with E-state index in [0.717, 1.165) is 10.0 Å². The molecule has 6 nitrogen and oxygen atoms in total. The maximum Gasteiger partial charge on any atom is 0.287 e. The molecular weight excluding hydrogens is 350 g/mol. The lowest BCUT2D eigenvalue weighted by atomic mass is 10.2. The fourth-order valence-corrected chi connectivity index (χ4v) is 2.60. The van der Waals surface area contributed by atoms with Crippen LogP contribution in [0.4, 0.5) is 0 Å². The Morgan fingerprint density at radius 2 is 2.30 bits per heavy atom. The molecule has 0 radical (unpaired) electrons. The average Bonchev–Trinajstić information content (AvgIpc) is 2.85. The second-order valence-electron chi connectivity index (χ2n) is 3.97. The lowest BCUT2D eigenvalue weighted by molar-refractivity contribution is 0.0944. The van der Waals surface area contributed by atoms with Crippen molar-refractivity contribution in [2.75, 3.05) is 0 Å². The van der Waals surface area contributed by atoms with Gasteiger partial charge in [0.05, 0.1) is 5.02 Å². The number of nitrogen functional groups attached to an aromatic ring is 1. The molecule has 0 spiro atoms. The smallest absolute Gasteiger partial charge is 0.287 e. The SMILES string of the molecule is Cc1cc(Br)cc(Cl)c1OCc1cc(C(=O)NN)no1. The van der Waals surface area contributed by atoms with E-state index in [1.807, 2.05) is 18.4 Å². The third kappa shape index (κ3) is 3.30. The van der Waals surface area contributed by atoms with Crippen molar-refractivity contribution in [2.45, 2.75) is 13.5 Å². The first kappa shape index (κ1) is 14.8. The molecule has 0 fully saturated rings. The highest BCUT2D eigenvalue weighted by atomic mass is 79.9. The van der Waals surface area contributed by atoms with Gasteiger partial charge in [-0.2, -0.15) is 0 Å². The zero-order chi connectivity index (χ0) is 14.7. The summed E-state index contributed by atoms with van der Waals surface area (Å²) in [7, 11) is 0. The van der Waals surface area contributed by atoms with Crippen molar-refractivity contribution >= 4 is 33.4 Å². The zero-order valence-corrected chi connectivity index (χ0v) is 12.8. The molecule has 0 aliphatic carbocycles. The van der Waals surface area contributed by atoms with Crippen molar-refractivity contribution in [3.63, 3.8) is 0 Å². The van der Waals surface area contributed by atoms with Gasteiger partial charge < -0.3 is 9.26 Å². The second-order valence-corrected chi connectivity index (χ2v) is 5.30. The first-order valence-corrected chi connectivity index (χ1v) is 6.73. The number of nitrogens with zero attached hydrogens (tertiary/aromatic N) is 1. The normalized spacial score (nSPS) is 10.4. The second kappa shape index (κ2) is 6.25. The predicted molar refractivity (Wildman–Crippen MR) is 76.4 cm³/mol. The van der Waals surface area contributed by atoms with Crippen molar-refractivity contribution in [3.05, 3.63) is 44.7 Å². The van der Waals surface area contributed by atoms with E-state index >= 15 is 0 Å². The van der Waals surface area contributed by atoms with Gasteiger partial charge in [0, 0.05) is 10.5 Å². The summed E-state index contributed by atoms with van der Waals surface area (Å²) < 4.78 is 11.4. The molecule has 0 aliphatic rings. The molecule has 2 aromatic rings. The van der Waals surface area contributed by atoms with E-state index in [9.17, 15) is 4.79 Å². The molecule has 20 heavy (non-hydrogen) atoms. The standard InChI is InChI=1S/C12H11BrClN3O3/c1-6-2-7(13)3-9(14)11(6)19-5-8-4-10(17-20-8)12(18)16-15/h2-4H,5,15H2,1H3,(H,16,18). The summed E-state index contributed by atoms with van der Waals surface area (Å²) in [6.07, 6.45) is 0. The van der Waals surface area contributed by atoms with E-state index in [2.05, 4.69) is 21.1 Å². The van der Waals surface area contributed by atoms with Crippen LogP contribution in [-0.2, 0) is 6.61 Å². The van der Waals surface area contributed by atoms with E-state index in [0.29, 0.717) is 16.5 Å². The molecule has 2 rings (SSSR count). The lowest BCUT2D eigenvalue weighted by Crippen LogP contribution is -2.30. The molecule has 8 heteroatoms. The van der Waals surface area contributed by atoms with Crippen LogP contribution >= 0.6 is 27.5 Å². The van der Waals surface area contributed by atoms with Gasteiger partial charge in [-0.15, -0.1) is 0 Å². The number of carbonyl (C=O) groups excluding carboxylic acids is 1. The van der Waals surface area contributed by atoms with E-state index in [1.54, 1.807) is 6.07 Å². The van der Waals surface area contributed by atoms with Crippen LogP contribution in [0.2, 0.25) is 5.02 Å². The molecule has 1 heterocycles. The monoisotopic (exact) mass is 359 g/mol. The molecule has 1 amide bonds. The van der Waals surface area contributed by atoms with Gasteiger partial charge in [-0.25, -0.2) is 5.84 Å². The van der Waals surface area contributed by atoms with Crippen LogP contribution in [0.15, 0.2) is 27.2 Å². The summed E-state index contributed by atoms with van der Waals surface area (Å²) in [5.41, 5.74) is 2.93. The number of aryl methyl sites for hydroxylation is 1. The number of nitrogens with two attached hydrogens (primary N) is 1. The number of hydrazine groups is 1. The number of rotatable bonds is 4. The van der Waals surface area contributed by atoms with Gasteiger partial charge in [-0.1, -0.05) is 32.7 Å². The Bertz CT molecular complexity index is 622. The number of benzene rings is 1. The lowest BCUT2D eigenvalue weighted by Gasteiger charge is -2.09. The highest BCUT2D eigenvalue weighted by Crippen LogP contribution is 2.32. The maximum atomic E-state index is 11.2. The van der Waals surface area contributed by atoms with Crippen LogP contribution in [0.3, 0.4) is 0 Å². The molecule has 106 valence electrons. The minimum Gasteiger partial charge on any atom is -0.484 e. The first-order chi connectivity index (χ1) is 9.51. The van der Waals surface area contributed by atoms with E-state index < -0.39 is 5.91 Å². The Morgan fingerprint density at radius 3 is 2.95 bits per heavy atom. The summed E-state index contributed by atoms with van der Waals surface area (Å²) in [4.78, 5) is 11.2. The largest absolute Gasteiger partial charge is 0.484 e. The highest BCUT2D eigenvalue weighted by molar-refractivity contribution is 9.10. The molecule has 0 unspecified atom stereocenters. The quantitative estimate of drug-likeness (QED) is 0.497. The third-order valence-corrected chi connectivity index (χ3v) is 3.21. The van der Waals surface area contributed by atoms with Gasteiger partial charge >= 0.3 is 0 Å². The topological polar surface area (TPSA) is 90.4 Å². The van der Waals surface area contributed by atoms with E-state index in [4.69, 9.17) is 26.7 Å².